The van der Waals surface area contributed by atoms with Gasteiger partial charge in [0.15, 0.2) is 0 Å². The van der Waals surface area contributed by atoms with E-state index in [4.69, 9.17) is 10.1 Å². The van der Waals surface area contributed by atoms with E-state index in [0.717, 1.165) is 37.0 Å². The molecule has 1 aromatic heterocycles. The fourth-order valence-electron chi connectivity index (χ4n) is 4.01. The predicted molar refractivity (Wildman–Crippen MR) is 132 cm³/mol. The number of nitrogens with one attached hydrogen (secondary N) is 3. The topological polar surface area (TPSA) is 100.0 Å². The second-order valence-corrected chi connectivity index (χ2v) is 8.14. The molecule has 7 heteroatoms. The Morgan fingerprint density at radius 3 is 2.38 bits per heavy atom. The Balaban J connectivity index is 1.39. The average molecular weight is 454 g/mol. The Morgan fingerprint density at radius 2 is 1.68 bits per heavy atom. The van der Waals surface area contributed by atoms with E-state index in [-0.39, 0.29) is 18.0 Å². The lowest BCUT2D eigenvalue weighted by atomic mass is 9.91. The predicted octanol–water partition coefficient (Wildman–Crippen LogP) is 4.55. The van der Waals surface area contributed by atoms with Crippen LogP contribution < -0.4 is 15.4 Å². The van der Waals surface area contributed by atoms with Crippen LogP contribution in [0.4, 0.5) is 5.82 Å². The van der Waals surface area contributed by atoms with Gasteiger partial charge in [0.25, 0.3) is 5.91 Å². The Labute approximate surface area is 199 Å². The third kappa shape index (κ3) is 5.99. The SMILES string of the molecule is CC#CC(=O)NC1CCC(Nc2ncncc2C(=N)c2ccc(Oc3ccccc3)cc2)CC1. The Hall–Kier alpha value is -4.18. The first-order valence-corrected chi connectivity index (χ1v) is 11.3. The minimum atomic E-state index is -0.217. The Morgan fingerprint density at radius 1 is 1.00 bits per heavy atom. The highest BCUT2D eigenvalue weighted by molar-refractivity contribution is 6.13. The van der Waals surface area contributed by atoms with Gasteiger partial charge in [0.1, 0.15) is 23.6 Å². The number of hydrogen-bond acceptors (Lipinski definition) is 6. The third-order valence-electron chi connectivity index (χ3n) is 5.75. The van der Waals surface area contributed by atoms with Gasteiger partial charge in [0.05, 0.1) is 11.3 Å². The fourth-order valence-corrected chi connectivity index (χ4v) is 4.01. The van der Waals surface area contributed by atoms with Crippen LogP contribution in [0.15, 0.2) is 67.1 Å². The first-order chi connectivity index (χ1) is 16.6. The molecule has 4 rings (SSSR count). The number of aromatic nitrogens is 2. The van der Waals surface area contributed by atoms with Crippen LogP contribution in [0.25, 0.3) is 0 Å². The molecule has 0 radical (unpaired) electrons. The summed E-state index contributed by atoms with van der Waals surface area (Å²) >= 11 is 0. The number of anilines is 1. The monoisotopic (exact) mass is 453 g/mol. The molecule has 3 aromatic rings. The van der Waals surface area contributed by atoms with Crippen molar-refractivity contribution in [3.63, 3.8) is 0 Å². The summed E-state index contributed by atoms with van der Waals surface area (Å²) in [5.74, 6) is 7.06. The second-order valence-electron chi connectivity index (χ2n) is 8.14. The van der Waals surface area contributed by atoms with Gasteiger partial charge < -0.3 is 15.4 Å². The van der Waals surface area contributed by atoms with Crippen molar-refractivity contribution in [3.8, 4) is 23.3 Å². The summed E-state index contributed by atoms with van der Waals surface area (Å²) in [6.07, 6.45) is 6.69. The molecule has 0 bridgehead atoms. The number of rotatable bonds is 7. The normalized spacial score (nSPS) is 17.1. The van der Waals surface area contributed by atoms with Gasteiger partial charge in [-0.25, -0.2) is 9.97 Å². The van der Waals surface area contributed by atoms with Crippen LogP contribution in [-0.2, 0) is 4.79 Å². The highest BCUT2D eigenvalue weighted by Crippen LogP contribution is 2.25. The largest absolute Gasteiger partial charge is 0.457 e. The zero-order valence-electron chi connectivity index (χ0n) is 19.0. The zero-order valence-corrected chi connectivity index (χ0v) is 19.0. The maximum absolute atomic E-state index is 11.7. The van der Waals surface area contributed by atoms with Crippen molar-refractivity contribution >= 4 is 17.4 Å². The van der Waals surface area contributed by atoms with E-state index < -0.39 is 0 Å². The molecule has 172 valence electrons. The number of carbonyl (C=O) groups excluding carboxylic acids is 1. The maximum Gasteiger partial charge on any atom is 0.296 e. The maximum atomic E-state index is 11.7. The van der Waals surface area contributed by atoms with Gasteiger partial charge >= 0.3 is 0 Å². The molecule has 2 aromatic carbocycles. The van der Waals surface area contributed by atoms with Gasteiger partial charge in [0.2, 0.25) is 0 Å². The highest BCUT2D eigenvalue weighted by atomic mass is 16.5. The van der Waals surface area contributed by atoms with Crippen molar-refractivity contribution in [2.75, 3.05) is 5.32 Å². The number of ether oxygens (including phenoxy) is 1. The molecule has 0 atom stereocenters. The van der Waals surface area contributed by atoms with E-state index in [1.165, 1.54) is 6.33 Å². The molecular weight excluding hydrogens is 426 g/mol. The molecule has 1 aliphatic carbocycles. The van der Waals surface area contributed by atoms with Crippen LogP contribution in [0.5, 0.6) is 11.5 Å². The van der Waals surface area contributed by atoms with Gasteiger partial charge in [0, 0.05) is 23.8 Å². The lowest BCUT2D eigenvalue weighted by Gasteiger charge is -2.30. The first kappa shape index (κ1) is 23.0. The fraction of sp³-hybridized carbons (Fsp3) is 0.259. The van der Waals surface area contributed by atoms with Crippen molar-refractivity contribution in [2.45, 2.75) is 44.7 Å². The molecule has 1 fully saturated rings. The van der Waals surface area contributed by atoms with Crippen LogP contribution >= 0.6 is 0 Å². The molecule has 0 spiro atoms. The van der Waals surface area contributed by atoms with Gasteiger partial charge in [-0.1, -0.05) is 24.1 Å². The van der Waals surface area contributed by atoms with Crippen LogP contribution in [0, 0.1) is 17.3 Å². The number of carbonyl (C=O) groups is 1. The van der Waals surface area contributed by atoms with Crippen molar-refractivity contribution in [2.24, 2.45) is 0 Å². The van der Waals surface area contributed by atoms with Crippen LogP contribution in [-0.4, -0.2) is 33.7 Å². The second kappa shape index (κ2) is 11.1. The summed E-state index contributed by atoms with van der Waals surface area (Å²) < 4.78 is 5.85. The van der Waals surface area contributed by atoms with E-state index in [1.54, 1.807) is 13.1 Å². The summed E-state index contributed by atoms with van der Waals surface area (Å²) in [6, 6.07) is 17.4. The Kier molecular flexibility index (Phi) is 7.51. The van der Waals surface area contributed by atoms with Gasteiger partial charge in [-0.3, -0.25) is 10.2 Å². The summed E-state index contributed by atoms with van der Waals surface area (Å²) in [7, 11) is 0. The van der Waals surface area contributed by atoms with Crippen LogP contribution in [0.3, 0.4) is 0 Å². The summed E-state index contributed by atoms with van der Waals surface area (Å²) in [5.41, 5.74) is 1.74. The molecule has 7 nitrogen and oxygen atoms in total. The number of benzene rings is 2. The van der Waals surface area contributed by atoms with E-state index in [9.17, 15) is 4.79 Å². The molecule has 0 aliphatic heterocycles. The van der Waals surface area contributed by atoms with Crippen molar-refractivity contribution in [1.29, 1.82) is 5.41 Å². The first-order valence-electron chi connectivity index (χ1n) is 11.3. The van der Waals surface area contributed by atoms with Gasteiger partial charge in [-0.05, 0) is 74.9 Å². The summed E-state index contributed by atoms with van der Waals surface area (Å²) in [5, 5.41) is 15.2. The van der Waals surface area contributed by atoms with Gasteiger partial charge in [-0.2, -0.15) is 0 Å². The molecule has 1 heterocycles. The molecule has 3 N–H and O–H groups in total. The van der Waals surface area contributed by atoms with E-state index in [1.807, 2.05) is 54.6 Å². The van der Waals surface area contributed by atoms with Crippen molar-refractivity contribution in [3.05, 3.63) is 78.2 Å². The number of hydrogen-bond donors (Lipinski definition) is 3. The van der Waals surface area contributed by atoms with Gasteiger partial charge in [-0.15, -0.1) is 0 Å². The quantitative estimate of drug-likeness (QED) is 0.360. The number of amides is 1. The van der Waals surface area contributed by atoms with E-state index in [0.29, 0.717) is 22.8 Å². The summed E-state index contributed by atoms with van der Waals surface area (Å²) in [4.78, 5) is 20.3. The molecule has 1 saturated carbocycles. The van der Waals surface area contributed by atoms with E-state index in [2.05, 4.69) is 32.4 Å². The van der Waals surface area contributed by atoms with E-state index >= 15 is 0 Å². The standard InChI is InChI=1S/C27H27N5O2/c1-2-6-25(33)31-20-11-13-21(14-12-20)32-27-24(17-29-18-30-27)26(28)19-9-15-23(16-10-19)34-22-7-4-3-5-8-22/h3-5,7-10,15-18,20-21,28H,11-14H2,1H3,(H,31,33)(H,29,30,32). The minimum Gasteiger partial charge on any atom is -0.457 e. The average Bonchev–Trinajstić information content (AvgIpc) is 2.86. The van der Waals surface area contributed by atoms with Crippen molar-refractivity contribution in [1.82, 2.24) is 15.3 Å². The lowest BCUT2D eigenvalue weighted by molar-refractivity contribution is -0.116. The smallest absolute Gasteiger partial charge is 0.296 e. The minimum absolute atomic E-state index is 0.145. The molecule has 0 saturated heterocycles. The molecule has 1 amide bonds. The third-order valence-corrected chi connectivity index (χ3v) is 5.75. The van der Waals surface area contributed by atoms with Crippen LogP contribution in [0.1, 0.15) is 43.7 Å². The van der Waals surface area contributed by atoms with Crippen molar-refractivity contribution < 1.29 is 9.53 Å². The highest BCUT2D eigenvalue weighted by Gasteiger charge is 2.23. The molecule has 1 aliphatic rings. The molecule has 0 unspecified atom stereocenters. The van der Waals surface area contributed by atoms with Crippen LogP contribution in [0.2, 0.25) is 0 Å². The molecule has 34 heavy (non-hydrogen) atoms. The number of para-hydroxylation sites is 1. The number of nitrogens with zero attached hydrogens (tertiary/aromatic N) is 2. The molecular formula is C27H27N5O2. The lowest BCUT2D eigenvalue weighted by Crippen LogP contribution is -2.39. The summed E-state index contributed by atoms with van der Waals surface area (Å²) in [6.45, 7) is 1.66. The zero-order chi connectivity index (χ0) is 23.8. The Bertz CT molecular complexity index is 1190.